The molecule has 0 bridgehead atoms. The summed E-state index contributed by atoms with van der Waals surface area (Å²) in [5.41, 5.74) is 12.7. The summed E-state index contributed by atoms with van der Waals surface area (Å²) in [7, 11) is 0. The molecule has 0 aliphatic heterocycles. The molecule has 0 aromatic heterocycles. The van der Waals surface area contributed by atoms with Crippen LogP contribution in [-0.4, -0.2) is 5.91 Å². The lowest BCUT2D eigenvalue weighted by Gasteiger charge is -2.32. The lowest BCUT2D eigenvalue weighted by molar-refractivity contribution is -0.121. The highest BCUT2D eigenvalue weighted by Gasteiger charge is 2.34. The maximum atomic E-state index is 12.4. The molecule has 0 fully saturated rings. The van der Waals surface area contributed by atoms with E-state index < -0.39 is 0 Å². The standard InChI is InChI=1S/C23H31NO/c1-14(2)17-10-8-9-11-18(17)19-13-15(3)12-16(4)20(19)21(22(24)25)23(5,6)7/h8-14,21H,1-7H3,(H2,24,25). The summed E-state index contributed by atoms with van der Waals surface area (Å²) < 4.78 is 0. The second kappa shape index (κ2) is 7.03. The third kappa shape index (κ3) is 3.95. The van der Waals surface area contributed by atoms with Crippen molar-refractivity contribution in [3.63, 3.8) is 0 Å². The second-order valence-corrected chi connectivity index (χ2v) is 8.49. The van der Waals surface area contributed by atoms with E-state index in [1.165, 1.54) is 16.7 Å². The molecule has 2 rings (SSSR count). The number of amides is 1. The number of rotatable bonds is 4. The SMILES string of the molecule is Cc1cc(C)c(C(C(N)=O)C(C)(C)C)c(-c2ccccc2C(C)C)c1. The summed E-state index contributed by atoms with van der Waals surface area (Å²) >= 11 is 0. The highest BCUT2D eigenvalue weighted by atomic mass is 16.1. The summed E-state index contributed by atoms with van der Waals surface area (Å²) in [4.78, 5) is 12.4. The van der Waals surface area contributed by atoms with Gasteiger partial charge in [0.25, 0.3) is 0 Å². The monoisotopic (exact) mass is 337 g/mol. The largest absolute Gasteiger partial charge is 0.369 e. The first-order chi connectivity index (χ1) is 11.5. The van der Waals surface area contributed by atoms with Crippen molar-refractivity contribution in [3.8, 4) is 11.1 Å². The molecule has 0 saturated carbocycles. The summed E-state index contributed by atoms with van der Waals surface area (Å²) in [5.74, 6) is -0.183. The van der Waals surface area contributed by atoms with Crippen molar-refractivity contribution in [2.24, 2.45) is 11.1 Å². The number of hydrogen-bond donors (Lipinski definition) is 1. The molecule has 0 heterocycles. The van der Waals surface area contributed by atoms with E-state index in [2.05, 4.69) is 84.9 Å². The molecule has 1 amide bonds. The number of hydrogen-bond acceptors (Lipinski definition) is 1. The van der Waals surface area contributed by atoms with Crippen LogP contribution in [0.5, 0.6) is 0 Å². The molecule has 2 aromatic rings. The third-order valence-corrected chi connectivity index (χ3v) is 4.84. The Balaban J connectivity index is 2.87. The number of benzene rings is 2. The van der Waals surface area contributed by atoms with Crippen LogP contribution in [0, 0.1) is 19.3 Å². The van der Waals surface area contributed by atoms with Crippen LogP contribution in [0.3, 0.4) is 0 Å². The van der Waals surface area contributed by atoms with E-state index in [1.807, 2.05) is 0 Å². The Morgan fingerprint density at radius 2 is 1.60 bits per heavy atom. The van der Waals surface area contributed by atoms with Gasteiger partial charge in [0.05, 0.1) is 5.92 Å². The second-order valence-electron chi connectivity index (χ2n) is 8.49. The van der Waals surface area contributed by atoms with Crippen molar-refractivity contribution < 1.29 is 4.79 Å². The van der Waals surface area contributed by atoms with Gasteiger partial charge in [-0.15, -0.1) is 0 Å². The molecule has 2 nitrogen and oxygen atoms in total. The zero-order valence-corrected chi connectivity index (χ0v) is 16.6. The molecule has 2 aromatic carbocycles. The van der Waals surface area contributed by atoms with Gasteiger partial charge in [-0.25, -0.2) is 0 Å². The smallest absolute Gasteiger partial charge is 0.225 e. The van der Waals surface area contributed by atoms with Gasteiger partial charge < -0.3 is 5.73 Å². The lowest BCUT2D eigenvalue weighted by Crippen LogP contribution is -2.33. The van der Waals surface area contributed by atoms with E-state index in [0.29, 0.717) is 5.92 Å². The summed E-state index contributed by atoms with van der Waals surface area (Å²) in [6.45, 7) is 14.9. The number of carbonyl (C=O) groups is 1. The molecule has 2 N–H and O–H groups in total. The van der Waals surface area contributed by atoms with E-state index in [4.69, 9.17) is 5.73 Å². The molecule has 0 spiro atoms. The normalized spacial score (nSPS) is 13.1. The molecule has 0 aliphatic rings. The predicted octanol–water partition coefficient (Wildman–Crippen LogP) is 5.71. The Labute approximate surface area is 152 Å². The Hall–Kier alpha value is -2.09. The minimum Gasteiger partial charge on any atom is -0.369 e. The zero-order chi connectivity index (χ0) is 18.9. The van der Waals surface area contributed by atoms with Gasteiger partial charge in [-0.05, 0) is 53.0 Å². The minimum atomic E-state index is -0.330. The average molecular weight is 338 g/mol. The molecule has 2 heteroatoms. The van der Waals surface area contributed by atoms with Crippen LogP contribution in [0.1, 0.15) is 68.7 Å². The zero-order valence-electron chi connectivity index (χ0n) is 16.6. The first kappa shape index (κ1) is 19.2. The van der Waals surface area contributed by atoms with Crippen LogP contribution < -0.4 is 5.73 Å². The van der Waals surface area contributed by atoms with Crippen molar-refractivity contribution in [3.05, 3.63) is 58.7 Å². The molecule has 0 saturated heterocycles. The molecule has 25 heavy (non-hydrogen) atoms. The number of nitrogens with two attached hydrogens (primary N) is 1. The van der Waals surface area contributed by atoms with E-state index in [-0.39, 0.29) is 17.2 Å². The number of aryl methyl sites for hydroxylation is 2. The molecular formula is C23H31NO. The maximum absolute atomic E-state index is 12.4. The Bertz CT molecular complexity index is 781. The quantitative estimate of drug-likeness (QED) is 0.763. The first-order valence-corrected chi connectivity index (χ1v) is 9.03. The van der Waals surface area contributed by atoms with Crippen LogP contribution in [0.2, 0.25) is 0 Å². The molecule has 1 unspecified atom stereocenters. The molecular weight excluding hydrogens is 306 g/mol. The first-order valence-electron chi connectivity index (χ1n) is 9.03. The summed E-state index contributed by atoms with van der Waals surface area (Å²) in [5, 5.41) is 0. The highest BCUT2D eigenvalue weighted by molar-refractivity contribution is 5.87. The fourth-order valence-corrected chi connectivity index (χ4v) is 3.83. The van der Waals surface area contributed by atoms with Crippen LogP contribution in [-0.2, 0) is 4.79 Å². The third-order valence-electron chi connectivity index (χ3n) is 4.84. The Kier molecular flexibility index (Phi) is 5.41. The molecule has 1 atom stereocenters. The number of primary amides is 1. The highest BCUT2D eigenvalue weighted by Crippen LogP contribution is 2.43. The van der Waals surface area contributed by atoms with Gasteiger partial charge in [0, 0.05) is 0 Å². The Morgan fingerprint density at radius 1 is 1.00 bits per heavy atom. The lowest BCUT2D eigenvalue weighted by atomic mass is 9.71. The van der Waals surface area contributed by atoms with Crippen LogP contribution in [0.15, 0.2) is 36.4 Å². The topological polar surface area (TPSA) is 43.1 Å². The van der Waals surface area contributed by atoms with Crippen molar-refractivity contribution in [1.29, 1.82) is 0 Å². The molecule has 0 radical (unpaired) electrons. The van der Waals surface area contributed by atoms with E-state index in [9.17, 15) is 4.79 Å². The predicted molar refractivity (Wildman–Crippen MR) is 107 cm³/mol. The van der Waals surface area contributed by atoms with Gasteiger partial charge in [-0.2, -0.15) is 0 Å². The van der Waals surface area contributed by atoms with Gasteiger partial charge in [0.1, 0.15) is 0 Å². The van der Waals surface area contributed by atoms with Crippen LogP contribution >= 0.6 is 0 Å². The van der Waals surface area contributed by atoms with Crippen molar-refractivity contribution in [1.82, 2.24) is 0 Å². The fourth-order valence-electron chi connectivity index (χ4n) is 3.83. The van der Waals surface area contributed by atoms with E-state index >= 15 is 0 Å². The van der Waals surface area contributed by atoms with E-state index in [0.717, 1.165) is 16.7 Å². The molecule has 134 valence electrons. The maximum Gasteiger partial charge on any atom is 0.225 e. The number of carbonyl (C=O) groups excluding carboxylic acids is 1. The molecule has 0 aliphatic carbocycles. The van der Waals surface area contributed by atoms with Crippen molar-refractivity contribution >= 4 is 5.91 Å². The van der Waals surface area contributed by atoms with Crippen molar-refractivity contribution in [2.45, 2.75) is 60.3 Å². The average Bonchev–Trinajstić information content (AvgIpc) is 2.47. The Morgan fingerprint density at radius 3 is 2.12 bits per heavy atom. The fraction of sp³-hybridized carbons (Fsp3) is 0.435. The van der Waals surface area contributed by atoms with Crippen LogP contribution in [0.25, 0.3) is 11.1 Å². The van der Waals surface area contributed by atoms with Crippen LogP contribution in [0.4, 0.5) is 0 Å². The van der Waals surface area contributed by atoms with Crippen molar-refractivity contribution in [2.75, 3.05) is 0 Å². The van der Waals surface area contributed by atoms with Gasteiger partial charge in [0.2, 0.25) is 5.91 Å². The summed E-state index contributed by atoms with van der Waals surface area (Å²) in [6.07, 6.45) is 0. The van der Waals surface area contributed by atoms with Gasteiger partial charge in [-0.1, -0.05) is 76.6 Å². The summed E-state index contributed by atoms with van der Waals surface area (Å²) in [6, 6.07) is 12.8. The van der Waals surface area contributed by atoms with E-state index in [1.54, 1.807) is 0 Å². The van der Waals surface area contributed by atoms with Gasteiger partial charge in [0.15, 0.2) is 0 Å². The van der Waals surface area contributed by atoms with Gasteiger partial charge >= 0.3 is 0 Å². The van der Waals surface area contributed by atoms with Gasteiger partial charge in [-0.3, -0.25) is 4.79 Å². The minimum absolute atomic E-state index is 0.243.